The quantitative estimate of drug-likeness (QED) is 0.664. The lowest BCUT2D eigenvalue weighted by Gasteiger charge is -2.09. The third-order valence-corrected chi connectivity index (χ3v) is 3.01. The molecule has 0 bridgehead atoms. The Balaban J connectivity index is 2.31. The molecule has 0 saturated heterocycles. The molecule has 0 aliphatic carbocycles. The van der Waals surface area contributed by atoms with Gasteiger partial charge in [0.05, 0.1) is 0 Å². The molecule has 2 rings (SSSR count). The summed E-state index contributed by atoms with van der Waals surface area (Å²) in [5.74, 6) is 0.584. The lowest BCUT2D eigenvalue weighted by atomic mass is 10.0. The van der Waals surface area contributed by atoms with Crippen LogP contribution in [0.15, 0.2) is 42.5 Å². The molecular weight excluding hydrogens is 260 g/mol. The second-order valence-corrected chi connectivity index (χ2v) is 4.94. The fourth-order valence-corrected chi connectivity index (χ4v) is 1.92. The zero-order valence-corrected chi connectivity index (χ0v) is 11.2. The van der Waals surface area contributed by atoms with E-state index in [0.717, 1.165) is 23.2 Å². The van der Waals surface area contributed by atoms with Crippen molar-refractivity contribution in [3.63, 3.8) is 0 Å². The number of hydrogen-bond acceptors (Lipinski definition) is 5. The minimum atomic E-state index is -0.106. The smallest absolute Gasteiger partial charge is 0.224 e. The molecule has 0 spiro atoms. The largest absolute Gasteiger partial charge is 0.418 e. The van der Waals surface area contributed by atoms with Gasteiger partial charge in [0.25, 0.3) is 0 Å². The van der Waals surface area contributed by atoms with Gasteiger partial charge >= 0.3 is 0 Å². The van der Waals surface area contributed by atoms with Gasteiger partial charge in [-0.3, -0.25) is 4.79 Å². The molecule has 0 aliphatic heterocycles. The molecule has 0 radical (unpaired) electrons. The molecule has 5 heteroatoms. The third kappa shape index (κ3) is 3.42. The Labute approximate surface area is 116 Å². The fourth-order valence-electron chi connectivity index (χ4n) is 1.61. The van der Waals surface area contributed by atoms with Crippen LogP contribution in [-0.2, 0) is 4.79 Å². The SMILES string of the molecule is CC(=O)SOc1ccc(N)c(-c2ccc(N)cc2)c1. The van der Waals surface area contributed by atoms with E-state index in [2.05, 4.69) is 0 Å². The zero-order chi connectivity index (χ0) is 13.8. The molecule has 19 heavy (non-hydrogen) atoms. The van der Waals surface area contributed by atoms with Gasteiger partial charge in [-0.15, -0.1) is 0 Å². The van der Waals surface area contributed by atoms with Crippen LogP contribution in [0, 0.1) is 0 Å². The Morgan fingerprint density at radius 3 is 2.42 bits per heavy atom. The maximum Gasteiger partial charge on any atom is 0.224 e. The molecule has 0 amide bonds. The molecule has 4 nitrogen and oxygen atoms in total. The van der Waals surface area contributed by atoms with Crippen LogP contribution in [0.3, 0.4) is 0 Å². The van der Waals surface area contributed by atoms with E-state index in [-0.39, 0.29) is 5.12 Å². The Hall–Kier alpha value is -2.14. The number of benzene rings is 2. The van der Waals surface area contributed by atoms with Crippen molar-refractivity contribution in [2.75, 3.05) is 11.5 Å². The van der Waals surface area contributed by atoms with Crippen LogP contribution in [-0.4, -0.2) is 5.12 Å². The predicted octanol–water partition coefficient (Wildman–Crippen LogP) is 3.09. The van der Waals surface area contributed by atoms with Gasteiger partial charge in [0.2, 0.25) is 5.12 Å². The van der Waals surface area contributed by atoms with Crippen molar-refractivity contribution in [1.29, 1.82) is 0 Å². The molecule has 0 unspecified atom stereocenters. The predicted molar refractivity (Wildman–Crippen MR) is 79.6 cm³/mol. The third-order valence-electron chi connectivity index (χ3n) is 2.50. The first-order valence-corrected chi connectivity index (χ1v) is 6.41. The highest BCUT2D eigenvalue weighted by Gasteiger charge is 2.06. The minimum Gasteiger partial charge on any atom is -0.418 e. The first-order valence-electron chi connectivity index (χ1n) is 5.67. The van der Waals surface area contributed by atoms with Gasteiger partial charge in [-0.1, -0.05) is 12.1 Å². The summed E-state index contributed by atoms with van der Waals surface area (Å²) in [5.41, 5.74) is 14.7. The molecule has 4 N–H and O–H groups in total. The maximum absolute atomic E-state index is 10.9. The van der Waals surface area contributed by atoms with Crippen molar-refractivity contribution in [3.05, 3.63) is 42.5 Å². The van der Waals surface area contributed by atoms with Crippen LogP contribution in [0.4, 0.5) is 11.4 Å². The summed E-state index contributed by atoms with van der Waals surface area (Å²) in [6, 6.07) is 12.7. The average molecular weight is 274 g/mol. The number of anilines is 2. The van der Waals surface area contributed by atoms with Gasteiger partial charge in [0.1, 0.15) is 17.8 Å². The van der Waals surface area contributed by atoms with Crippen LogP contribution >= 0.6 is 12.0 Å². The highest BCUT2D eigenvalue weighted by molar-refractivity contribution is 8.09. The van der Waals surface area contributed by atoms with Crippen molar-refractivity contribution < 1.29 is 8.98 Å². The van der Waals surface area contributed by atoms with Crippen molar-refractivity contribution in [2.45, 2.75) is 6.92 Å². The number of rotatable bonds is 3. The first-order chi connectivity index (χ1) is 9.06. The number of nitrogen functional groups attached to an aromatic ring is 2. The number of nitrogens with two attached hydrogens (primary N) is 2. The Kier molecular flexibility index (Phi) is 3.97. The summed E-state index contributed by atoms with van der Waals surface area (Å²) >= 11 is 0.797. The topological polar surface area (TPSA) is 78.3 Å². The van der Waals surface area contributed by atoms with Crippen LogP contribution in [0.25, 0.3) is 11.1 Å². The van der Waals surface area contributed by atoms with Crippen LogP contribution in [0.5, 0.6) is 5.75 Å². The standard InChI is InChI=1S/C14H14N2O2S/c1-9(17)19-18-12-6-7-14(16)13(8-12)10-2-4-11(15)5-3-10/h2-8H,15-16H2,1H3. The van der Waals surface area contributed by atoms with E-state index >= 15 is 0 Å². The van der Waals surface area contributed by atoms with E-state index in [9.17, 15) is 4.79 Å². The van der Waals surface area contributed by atoms with Crippen molar-refractivity contribution in [3.8, 4) is 16.9 Å². The van der Waals surface area contributed by atoms with Gasteiger partial charge < -0.3 is 15.7 Å². The van der Waals surface area contributed by atoms with E-state index in [1.165, 1.54) is 6.92 Å². The monoisotopic (exact) mass is 274 g/mol. The summed E-state index contributed by atoms with van der Waals surface area (Å²) < 4.78 is 5.30. The van der Waals surface area contributed by atoms with Crippen LogP contribution in [0.1, 0.15) is 6.92 Å². The second-order valence-electron chi connectivity index (χ2n) is 4.03. The number of carbonyl (C=O) groups is 1. The first kappa shape index (κ1) is 13.3. The average Bonchev–Trinajstić information content (AvgIpc) is 2.39. The van der Waals surface area contributed by atoms with Gasteiger partial charge in [-0.25, -0.2) is 0 Å². The van der Waals surface area contributed by atoms with Gasteiger partial charge in [0, 0.05) is 23.9 Å². The van der Waals surface area contributed by atoms with Crippen molar-refractivity contribution in [2.24, 2.45) is 0 Å². The van der Waals surface area contributed by atoms with Gasteiger partial charge in [0.15, 0.2) is 0 Å². The molecule has 0 fully saturated rings. The maximum atomic E-state index is 10.9. The van der Waals surface area contributed by atoms with Gasteiger partial charge in [-0.05, 0) is 35.9 Å². The molecule has 2 aromatic rings. The Morgan fingerprint density at radius 1 is 1.11 bits per heavy atom. The molecule has 0 aromatic heterocycles. The lowest BCUT2D eigenvalue weighted by Crippen LogP contribution is -1.93. The number of hydrogen-bond donors (Lipinski definition) is 2. The van der Waals surface area contributed by atoms with Gasteiger partial charge in [-0.2, -0.15) is 0 Å². The fraction of sp³-hybridized carbons (Fsp3) is 0.0714. The lowest BCUT2D eigenvalue weighted by molar-refractivity contribution is -0.109. The highest BCUT2D eigenvalue weighted by Crippen LogP contribution is 2.31. The van der Waals surface area contributed by atoms with Crippen LogP contribution in [0.2, 0.25) is 0 Å². The molecule has 98 valence electrons. The molecule has 2 aromatic carbocycles. The van der Waals surface area contributed by atoms with E-state index in [0.29, 0.717) is 17.1 Å². The second kappa shape index (κ2) is 5.67. The summed E-state index contributed by atoms with van der Waals surface area (Å²) in [6.07, 6.45) is 0. The summed E-state index contributed by atoms with van der Waals surface area (Å²) in [4.78, 5) is 10.9. The molecule has 0 atom stereocenters. The summed E-state index contributed by atoms with van der Waals surface area (Å²) in [7, 11) is 0. The summed E-state index contributed by atoms with van der Waals surface area (Å²) in [6.45, 7) is 1.45. The summed E-state index contributed by atoms with van der Waals surface area (Å²) in [5, 5.41) is -0.106. The van der Waals surface area contributed by atoms with Crippen molar-refractivity contribution >= 4 is 28.5 Å². The van der Waals surface area contributed by atoms with Crippen molar-refractivity contribution in [1.82, 2.24) is 0 Å². The van der Waals surface area contributed by atoms with E-state index < -0.39 is 0 Å². The number of carbonyl (C=O) groups excluding carboxylic acids is 1. The highest BCUT2D eigenvalue weighted by atomic mass is 32.2. The van der Waals surface area contributed by atoms with E-state index in [1.807, 2.05) is 24.3 Å². The van der Waals surface area contributed by atoms with E-state index in [1.54, 1.807) is 18.2 Å². The molecule has 0 heterocycles. The Morgan fingerprint density at radius 2 is 1.79 bits per heavy atom. The minimum absolute atomic E-state index is 0.106. The van der Waals surface area contributed by atoms with E-state index in [4.69, 9.17) is 15.7 Å². The normalized spacial score (nSPS) is 10.2. The van der Waals surface area contributed by atoms with Crippen LogP contribution < -0.4 is 15.7 Å². The molecule has 0 saturated carbocycles. The Bertz CT molecular complexity index is 597. The molecular formula is C14H14N2O2S. The zero-order valence-electron chi connectivity index (χ0n) is 10.4. The molecule has 0 aliphatic rings.